The third-order valence-electron chi connectivity index (χ3n) is 8.30. The molecule has 1 aliphatic rings. The van der Waals surface area contributed by atoms with E-state index in [9.17, 15) is 22.8 Å². The van der Waals surface area contributed by atoms with Gasteiger partial charge in [0, 0.05) is 26.5 Å². The number of carbonyl (C=O) groups is 2. The molecule has 1 aliphatic heterocycles. The van der Waals surface area contributed by atoms with Gasteiger partial charge in [0.15, 0.2) is 17.5 Å². The van der Waals surface area contributed by atoms with Crippen molar-refractivity contribution in [1.29, 1.82) is 0 Å². The van der Waals surface area contributed by atoms with E-state index in [2.05, 4.69) is 51.9 Å². The Labute approximate surface area is 243 Å². The number of ether oxygens (including phenoxy) is 3. The zero-order valence-corrected chi connectivity index (χ0v) is 27.0. The Morgan fingerprint density at radius 1 is 1.02 bits per heavy atom. The van der Waals surface area contributed by atoms with Gasteiger partial charge in [-0.15, -0.1) is 5.10 Å². The zero-order chi connectivity index (χ0) is 30.8. The zero-order valence-electron chi connectivity index (χ0n) is 25.2. The minimum absolute atomic E-state index is 0.00558. The van der Waals surface area contributed by atoms with Crippen molar-refractivity contribution in [1.82, 2.24) is 15.0 Å². The van der Waals surface area contributed by atoms with E-state index in [-0.39, 0.29) is 23.1 Å². The van der Waals surface area contributed by atoms with Crippen LogP contribution in [0.3, 0.4) is 0 Å². The molecule has 0 spiro atoms. The first-order chi connectivity index (χ1) is 19.2. The Morgan fingerprint density at radius 2 is 1.59 bits per heavy atom. The monoisotopic (exact) mass is 617 g/mol. The summed E-state index contributed by atoms with van der Waals surface area (Å²) >= 11 is 0. The van der Waals surface area contributed by atoms with Gasteiger partial charge in [-0.2, -0.15) is 0 Å². The van der Waals surface area contributed by atoms with Gasteiger partial charge in [-0.25, -0.2) is 17.9 Å². The third-order valence-corrected chi connectivity index (χ3v) is 26.0. The van der Waals surface area contributed by atoms with Crippen LogP contribution in [0.15, 0.2) is 18.3 Å². The molecule has 8 nitrogen and oxygen atoms in total. The maximum absolute atomic E-state index is 14.0. The van der Waals surface area contributed by atoms with E-state index in [1.807, 2.05) is 0 Å². The highest BCUT2D eigenvalue weighted by Crippen LogP contribution is 2.63. The first-order valence-electron chi connectivity index (χ1n) is 13.8. The van der Waals surface area contributed by atoms with E-state index in [0.29, 0.717) is 22.4 Å². The smallest absolute Gasteiger partial charge is 0.303 e. The van der Waals surface area contributed by atoms with Gasteiger partial charge in [-0.1, -0.05) is 46.8 Å². The molecular weight excluding hydrogens is 575 g/mol. The molecule has 5 atom stereocenters. The number of esters is 2. The molecule has 1 saturated heterocycles. The predicted molar refractivity (Wildman–Crippen MR) is 156 cm³/mol. The lowest BCUT2D eigenvalue weighted by atomic mass is 10.0. The van der Waals surface area contributed by atoms with Gasteiger partial charge in [0.25, 0.3) is 0 Å². The first-order valence-corrected chi connectivity index (χ1v) is 18.5. The number of rotatable bonds is 10. The Balaban J connectivity index is 2.20. The average molecular weight is 618 g/mol. The second-order valence-corrected chi connectivity index (χ2v) is 22.8. The highest BCUT2D eigenvalue weighted by molar-refractivity contribution is 8.43. The van der Waals surface area contributed by atoms with Gasteiger partial charge in [-0.05, 0) is 34.5 Å². The topological polar surface area (TPSA) is 92.5 Å². The normalized spacial score (nSPS) is 24.2. The molecule has 1 aromatic carbocycles. The molecule has 0 saturated carbocycles. The van der Waals surface area contributed by atoms with Crippen molar-refractivity contribution in [2.24, 2.45) is 0 Å². The van der Waals surface area contributed by atoms with Crippen LogP contribution >= 0.6 is 10.3 Å². The lowest BCUT2D eigenvalue weighted by molar-refractivity contribution is -0.153. The molecule has 1 unspecified atom stereocenters. The van der Waals surface area contributed by atoms with Crippen LogP contribution in [0.25, 0.3) is 11.3 Å². The van der Waals surface area contributed by atoms with Crippen molar-refractivity contribution in [3.8, 4) is 11.3 Å². The summed E-state index contributed by atoms with van der Waals surface area (Å²) in [5.41, 5.74) is 1.29. The van der Waals surface area contributed by atoms with Crippen molar-refractivity contribution in [3.05, 3.63) is 35.8 Å². The molecule has 2 aromatic rings. The molecule has 0 radical (unpaired) electrons. The van der Waals surface area contributed by atoms with Gasteiger partial charge in [0.05, 0.1) is 17.6 Å². The van der Waals surface area contributed by atoms with Crippen LogP contribution in [0.4, 0.5) is 13.2 Å². The number of methoxy groups -OCH3 is 1. The summed E-state index contributed by atoms with van der Waals surface area (Å²) in [4.78, 5) is 24.6. The fraction of sp³-hybridized carbons (Fsp3) is 0.643. The standard InChI is InChI=1S/C28H42F3N3O5SSi/c1-15(2)41(16(3)4,17(5)6)40-14-24(37-9)27(28(39-19(8)36)25(40)13-38-18(7)35)34-12-23(32-33-34)20-10-21(29)26(31)22(30)11-20/h10-12,15-17,24-25,27-28,40H,13-14H2,1-9H3/t24-,25+,27-,28-/m0/s1. The highest BCUT2D eigenvalue weighted by atomic mass is 32.4. The van der Waals surface area contributed by atoms with Crippen molar-refractivity contribution >= 4 is 29.5 Å². The summed E-state index contributed by atoms with van der Waals surface area (Å²) < 4.78 is 60.7. The molecule has 41 heavy (non-hydrogen) atoms. The molecule has 3 rings (SSSR count). The SMILES string of the molecule is CO[C@H]1C[SH]([Si](C(C)C)(C(C)C)C(C)C)[C@H](COC(C)=O)[C@H](OC(C)=O)[C@H]1n1cc(-c2cc(F)c(F)c(F)c2)nn1. The number of hydrogen-bond donors (Lipinski definition) is 1. The maximum atomic E-state index is 14.0. The number of hydrogen-bond acceptors (Lipinski definition) is 7. The maximum Gasteiger partial charge on any atom is 0.303 e. The van der Waals surface area contributed by atoms with E-state index in [1.54, 1.807) is 7.11 Å². The minimum atomic E-state index is -2.17. The average Bonchev–Trinajstić information content (AvgIpc) is 3.35. The number of thiol groups is 1. The fourth-order valence-corrected chi connectivity index (χ4v) is 25.6. The third kappa shape index (κ3) is 6.51. The summed E-state index contributed by atoms with van der Waals surface area (Å²) in [6.07, 6.45) is 0.253. The molecule has 1 fully saturated rings. The van der Waals surface area contributed by atoms with Crippen LogP contribution in [-0.4, -0.2) is 71.1 Å². The summed E-state index contributed by atoms with van der Waals surface area (Å²) in [7, 11) is -1.44. The van der Waals surface area contributed by atoms with Gasteiger partial charge in [0.1, 0.15) is 31.7 Å². The summed E-state index contributed by atoms with van der Waals surface area (Å²) in [5, 5.41) is 8.04. The van der Waals surface area contributed by atoms with Gasteiger partial charge < -0.3 is 14.2 Å². The summed E-state index contributed by atoms with van der Waals surface area (Å²) in [6.45, 7) is 16.3. The molecule has 0 N–H and O–H groups in total. The minimum Gasteiger partial charge on any atom is -0.465 e. The molecule has 0 amide bonds. The molecule has 1 aromatic heterocycles. The fourth-order valence-electron chi connectivity index (χ4n) is 7.01. The second-order valence-electron chi connectivity index (χ2n) is 11.6. The van der Waals surface area contributed by atoms with Crippen molar-refractivity contribution < 1.29 is 37.0 Å². The molecule has 0 bridgehead atoms. The van der Waals surface area contributed by atoms with Crippen LogP contribution in [-0.2, 0) is 23.8 Å². The van der Waals surface area contributed by atoms with Crippen molar-refractivity contribution in [2.75, 3.05) is 19.5 Å². The number of aromatic nitrogens is 3. The molecular formula is C28H42F3N3O5SSi. The van der Waals surface area contributed by atoms with Crippen LogP contribution in [0.5, 0.6) is 0 Å². The van der Waals surface area contributed by atoms with Crippen LogP contribution < -0.4 is 0 Å². The van der Waals surface area contributed by atoms with E-state index in [0.717, 1.165) is 12.1 Å². The molecule has 2 heterocycles. The molecule has 0 aliphatic carbocycles. The first kappa shape index (κ1) is 33.1. The number of benzene rings is 1. The summed E-state index contributed by atoms with van der Waals surface area (Å²) in [6, 6.07) is 1.03. The Morgan fingerprint density at radius 3 is 2.05 bits per heavy atom. The van der Waals surface area contributed by atoms with Crippen LogP contribution in [0.2, 0.25) is 16.6 Å². The van der Waals surface area contributed by atoms with Gasteiger partial charge in [0.2, 0.25) is 0 Å². The quantitative estimate of drug-likeness (QED) is 0.152. The van der Waals surface area contributed by atoms with Crippen molar-refractivity contribution in [2.45, 2.75) is 95.5 Å². The molecule has 230 valence electrons. The van der Waals surface area contributed by atoms with Crippen LogP contribution in [0.1, 0.15) is 61.4 Å². The van der Waals surface area contributed by atoms with Crippen molar-refractivity contribution in [3.63, 3.8) is 0 Å². The number of halogens is 3. The Kier molecular flexibility index (Phi) is 10.7. The van der Waals surface area contributed by atoms with E-state index in [4.69, 9.17) is 14.2 Å². The lowest BCUT2D eigenvalue weighted by Gasteiger charge is -2.59. The Bertz CT molecular complexity index is 1200. The number of nitrogens with zero attached hydrogens (tertiary/aromatic N) is 3. The number of carbonyl (C=O) groups excluding carboxylic acids is 2. The van der Waals surface area contributed by atoms with E-state index in [1.165, 1.54) is 24.7 Å². The largest absolute Gasteiger partial charge is 0.465 e. The van der Waals surface area contributed by atoms with E-state index >= 15 is 0 Å². The molecule has 13 heteroatoms. The van der Waals surface area contributed by atoms with Gasteiger partial charge >= 0.3 is 11.9 Å². The summed E-state index contributed by atoms with van der Waals surface area (Å²) in [5.74, 6) is -4.53. The van der Waals surface area contributed by atoms with Crippen LogP contribution in [0, 0.1) is 17.5 Å². The van der Waals surface area contributed by atoms with E-state index < -0.39 is 65.2 Å². The van der Waals surface area contributed by atoms with Gasteiger partial charge in [-0.3, -0.25) is 19.9 Å². The highest BCUT2D eigenvalue weighted by Gasteiger charge is 2.57. The Hall–Kier alpha value is -2.38. The predicted octanol–water partition coefficient (Wildman–Crippen LogP) is 5.97. The second kappa shape index (κ2) is 13.3. The lowest BCUT2D eigenvalue weighted by Crippen LogP contribution is -2.59.